The molecule has 1 amide bonds. The highest BCUT2D eigenvalue weighted by atomic mass is 32.2. The van der Waals surface area contributed by atoms with E-state index in [4.69, 9.17) is 10.5 Å². The van der Waals surface area contributed by atoms with Crippen LogP contribution in [0.4, 0.5) is 17.2 Å². The van der Waals surface area contributed by atoms with Crippen LogP contribution in [0, 0.1) is 0 Å². The number of primary amides is 1. The third-order valence-electron chi connectivity index (χ3n) is 4.05. The van der Waals surface area contributed by atoms with Crippen molar-refractivity contribution in [1.82, 2.24) is 15.2 Å². The molecule has 29 heavy (non-hydrogen) atoms. The van der Waals surface area contributed by atoms with E-state index >= 15 is 0 Å². The molecule has 1 aromatic carbocycles. The Labute approximate surface area is 167 Å². The van der Waals surface area contributed by atoms with Crippen LogP contribution in [-0.4, -0.2) is 42.4 Å². The van der Waals surface area contributed by atoms with Crippen molar-refractivity contribution in [2.24, 2.45) is 5.73 Å². The number of amides is 1. The second-order valence-electron chi connectivity index (χ2n) is 5.98. The number of nitrogens with one attached hydrogen (secondary N) is 3. The molecule has 0 spiro atoms. The molecule has 0 bridgehead atoms. The molecule has 5 N–H and O–H groups in total. The van der Waals surface area contributed by atoms with Gasteiger partial charge in [0.15, 0.2) is 5.82 Å². The van der Waals surface area contributed by atoms with Gasteiger partial charge in [0.1, 0.15) is 5.56 Å². The van der Waals surface area contributed by atoms with Crippen LogP contribution < -0.4 is 20.5 Å². The number of methoxy groups -OCH3 is 1. The van der Waals surface area contributed by atoms with Crippen LogP contribution in [0.2, 0.25) is 0 Å². The predicted molar refractivity (Wildman–Crippen MR) is 110 cm³/mol. The fourth-order valence-corrected chi connectivity index (χ4v) is 3.21. The molecular formula is C18H20N6O4S. The Balaban J connectivity index is 1.91. The van der Waals surface area contributed by atoms with Crippen molar-refractivity contribution in [1.29, 1.82) is 0 Å². The lowest BCUT2D eigenvalue weighted by atomic mass is 10.1. The maximum absolute atomic E-state index is 12.1. The summed E-state index contributed by atoms with van der Waals surface area (Å²) >= 11 is 0. The number of aromatic amines is 1. The van der Waals surface area contributed by atoms with E-state index < -0.39 is 15.9 Å². The van der Waals surface area contributed by atoms with E-state index in [0.29, 0.717) is 28.5 Å². The number of benzene rings is 1. The monoisotopic (exact) mass is 416 g/mol. The summed E-state index contributed by atoms with van der Waals surface area (Å²) in [5.74, 6) is -0.0586. The van der Waals surface area contributed by atoms with Gasteiger partial charge in [0.25, 0.3) is 5.91 Å². The van der Waals surface area contributed by atoms with Gasteiger partial charge in [0.05, 0.1) is 18.6 Å². The maximum Gasteiger partial charge on any atom is 0.254 e. The number of carbonyl (C=O) groups excluding carboxylic acids is 1. The minimum Gasteiger partial charge on any atom is -0.481 e. The van der Waals surface area contributed by atoms with E-state index in [1.165, 1.54) is 7.11 Å². The molecule has 2 aromatic heterocycles. The van der Waals surface area contributed by atoms with Gasteiger partial charge in [-0.1, -0.05) is 12.1 Å². The van der Waals surface area contributed by atoms with Crippen molar-refractivity contribution in [3.05, 3.63) is 48.2 Å². The third-order valence-corrected chi connectivity index (χ3v) is 5.35. The second-order valence-corrected chi connectivity index (χ2v) is 7.99. The molecular weight excluding hydrogens is 396 g/mol. The van der Waals surface area contributed by atoms with Crippen molar-refractivity contribution in [3.63, 3.8) is 0 Å². The fourth-order valence-electron chi connectivity index (χ4n) is 2.57. The zero-order valence-corrected chi connectivity index (χ0v) is 16.6. The van der Waals surface area contributed by atoms with Crippen molar-refractivity contribution >= 4 is 33.1 Å². The van der Waals surface area contributed by atoms with Crippen LogP contribution in [0.1, 0.15) is 17.3 Å². The first-order chi connectivity index (χ1) is 13.8. The molecule has 3 rings (SSSR count). The van der Waals surface area contributed by atoms with E-state index in [-0.39, 0.29) is 17.1 Å². The van der Waals surface area contributed by atoms with E-state index in [1.54, 1.807) is 49.5 Å². The fraction of sp³-hybridized carbons (Fsp3) is 0.167. The average Bonchev–Trinajstić information content (AvgIpc) is 3.12. The van der Waals surface area contributed by atoms with Crippen LogP contribution in [0.5, 0.6) is 5.88 Å². The summed E-state index contributed by atoms with van der Waals surface area (Å²) in [5, 5.41) is 9.96. The van der Waals surface area contributed by atoms with E-state index in [1.807, 2.05) is 0 Å². The standard InChI is InChI=1S/C18H20N6O4S/c1-3-29(26,27)24-12-6-4-11(5-7-12)16-15(17(19)25)18(23-22-16)21-13-8-9-20-14(10-13)28-2/h4-10,24H,3H2,1-2H3,(H2,19,25)(H2,20,21,22,23). The number of ether oxygens (including phenoxy) is 1. The van der Waals surface area contributed by atoms with Crippen molar-refractivity contribution in [3.8, 4) is 17.1 Å². The predicted octanol–water partition coefficient (Wildman–Crippen LogP) is 2.08. The Kier molecular flexibility index (Phi) is 5.69. The van der Waals surface area contributed by atoms with Crippen molar-refractivity contribution in [2.45, 2.75) is 6.92 Å². The number of nitrogens with zero attached hydrogens (tertiary/aromatic N) is 2. The summed E-state index contributed by atoms with van der Waals surface area (Å²) in [7, 11) is -1.88. The molecule has 2 heterocycles. The molecule has 152 valence electrons. The van der Waals surface area contributed by atoms with Crippen molar-refractivity contribution in [2.75, 3.05) is 22.9 Å². The normalized spacial score (nSPS) is 11.1. The van der Waals surface area contributed by atoms with Gasteiger partial charge in [-0.05, 0) is 25.1 Å². The molecule has 10 nitrogen and oxygen atoms in total. The Morgan fingerprint density at radius 3 is 2.55 bits per heavy atom. The van der Waals surface area contributed by atoms with Crippen LogP contribution in [-0.2, 0) is 10.0 Å². The van der Waals surface area contributed by atoms with E-state index in [2.05, 4.69) is 25.2 Å². The molecule has 0 atom stereocenters. The molecule has 0 radical (unpaired) electrons. The van der Waals surface area contributed by atoms with Gasteiger partial charge in [-0.3, -0.25) is 14.6 Å². The maximum atomic E-state index is 12.1. The lowest BCUT2D eigenvalue weighted by Crippen LogP contribution is -2.14. The molecule has 11 heteroatoms. The lowest BCUT2D eigenvalue weighted by molar-refractivity contribution is 0.100. The van der Waals surface area contributed by atoms with Gasteiger partial charge in [-0.25, -0.2) is 13.4 Å². The largest absolute Gasteiger partial charge is 0.481 e. The zero-order chi connectivity index (χ0) is 21.0. The smallest absolute Gasteiger partial charge is 0.254 e. The quantitative estimate of drug-likeness (QED) is 0.439. The summed E-state index contributed by atoms with van der Waals surface area (Å²) < 4.78 is 30.9. The number of sulfonamides is 1. The summed E-state index contributed by atoms with van der Waals surface area (Å²) in [6.45, 7) is 1.55. The van der Waals surface area contributed by atoms with Gasteiger partial charge in [0, 0.05) is 29.2 Å². The molecule has 0 aliphatic heterocycles. The number of hydrogen-bond acceptors (Lipinski definition) is 7. The second kappa shape index (κ2) is 8.19. The van der Waals surface area contributed by atoms with Gasteiger partial charge >= 0.3 is 0 Å². The van der Waals surface area contributed by atoms with Gasteiger partial charge < -0.3 is 15.8 Å². The first-order valence-corrected chi connectivity index (χ1v) is 10.2. The Hall–Kier alpha value is -3.60. The van der Waals surface area contributed by atoms with Crippen LogP contribution >= 0.6 is 0 Å². The highest BCUT2D eigenvalue weighted by Crippen LogP contribution is 2.30. The molecule has 0 unspecified atom stereocenters. The number of hydrogen-bond donors (Lipinski definition) is 4. The summed E-state index contributed by atoms with van der Waals surface area (Å²) in [5.41, 5.74) is 7.79. The summed E-state index contributed by atoms with van der Waals surface area (Å²) in [6, 6.07) is 9.84. The molecule has 0 aliphatic carbocycles. The number of carbonyl (C=O) groups is 1. The minimum atomic E-state index is -3.38. The molecule has 3 aromatic rings. The highest BCUT2D eigenvalue weighted by Gasteiger charge is 2.20. The lowest BCUT2D eigenvalue weighted by Gasteiger charge is -2.08. The number of aromatic nitrogens is 3. The van der Waals surface area contributed by atoms with Gasteiger partial charge in [-0.2, -0.15) is 5.10 Å². The Bertz CT molecular complexity index is 1130. The number of nitrogens with two attached hydrogens (primary N) is 1. The van der Waals surface area contributed by atoms with Crippen molar-refractivity contribution < 1.29 is 17.9 Å². The Morgan fingerprint density at radius 1 is 1.21 bits per heavy atom. The molecule has 0 saturated carbocycles. The minimum absolute atomic E-state index is 0.0318. The number of pyridine rings is 1. The number of rotatable bonds is 8. The third kappa shape index (κ3) is 4.63. The van der Waals surface area contributed by atoms with Crippen LogP contribution in [0.25, 0.3) is 11.3 Å². The van der Waals surface area contributed by atoms with E-state index in [0.717, 1.165) is 0 Å². The first kappa shape index (κ1) is 20.1. The summed E-state index contributed by atoms with van der Waals surface area (Å²) in [6.07, 6.45) is 1.55. The number of H-pyrrole nitrogens is 1. The zero-order valence-electron chi connectivity index (χ0n) is 15.8. The topological polar surface area (TPSA) is 152 Å². The average molecular weight is 416 g/mol. The summed E-state index contributed by atoms with van der Waals surface area (Å²) in [4.78, 5) is 16.1. The first-order valence-electron chi connectivity index (χ1n) is 8.59. The molecule has 0 fully saturated rings. The highest BCUT2D eigenvalue weighted by molar-refractivity contribution is 7.92. The number of anilines is 3. The SMILES string of the molecule is CCS(=O)(=O)Nc1ccc(-c2[nH]nc(Nc3ccnc(OC)c3)c2C(N)=O)cc1. The van der Waals surface area contributed by atoms with Crippen LogP contribution in [0.3, 0.4) is 0 Å². The Morgan fingerprint density at radius 2 is 1.93 bits per heavy atom. The van der Waals surface area contributed by atoms with Crippen LogP contribution in [0.15, 0.2) is 42.6 Å². The molecule has 0 aliphatic rings. The van der Waals surface area contributed by atoms with Gasteiger partial charge in [0.2, 0.25) is 15.9 Å². The van der Waals surface area contributed by atoms with Gasteiger partial charge in [-0.15, -0.1) is 0 Å². The molecule has 0 saturated heterocycles. The van der Waals surface area contributed by atoms with E-state index in [9.17, 15) is 13.2 Å².